The van der Waals surface area contributed by atoms with Crippen LogP contribution in [0.4, 0.5) is 11.4 Å². The minimum Gasteiger partial charge on any atom is -0.455 e. The smallest absolute Gasteiger partial charge is 0.228 e. The van der Waals surface area contributed by atoms with Gasteiger partial charge in [-0.2, -0.15) is 0 Å². The van der Waals surface area contributed by atoms with Crippen LogP contribution < -0.4 is 15.8 Å². The van der Waals surface area contributed by atoms with E-state index in [2.05, 4.69) is 5.32 Å². The molecule has 1 heterocycles. The second kappa shape index (κ2) is 4.48. The molecule has 4 nitrogen and oxygen atoms in total. The SMILES string of the molecule is Nc1cc2c(cc1Oc1cccc(Cl)c1)NC(=O)C2. The third-order valence-electron chi connectivity index (χ3n) is 2.88. The van der Waals surface area contributed by atoms with Gasteiger partial charge in [-0.1, -0.05) is 17.7 Å². The number of amides is 1. The number of carbonyl (C=O) groups is 1. The number of nitrogen functional groups attached to an aromatic ring is 1. The molecule has 0 saturated heterocycles. The third kappa shape index (κ3) is 2.35. The molecule has 0 radical (unpaired) electrons. The Kier molecular flexibility index (Phi) is 2.80. The van der Waals surface area contributed by atoms with Crippen molar-refractivity contribution in [2.75, 3.05) is 11.1 Å². The third-order valence-corrected chi connectivity index (χ3v) is 3.12. The largest absolute Gasteiger partial charge is 0.455 e. The first-order valence-electron chi connectivity index (χ1n) is 5.77. The lowest BCUT2D eigenvalue weighted by atomic mass is 10.1. The molecular formula is C14H11ClN2O2. The normalized spacial score (nSPS) is 13.0. The topological polar surface area (TPSA) is 64.3 Å². The van der Waals surface area contributed by atoms with E-state index in [0.29, 0.717) is 28.6 Å². The summed E-state index contributed by atoms with van der Waals surface area (Å²) in [6.45, 7) is 0. The van der Waals surface area contributed by atoms with E-state index in [0.717, 1.165) is 11.3 Å². The van der Waals surface area contributed by atoms with Gasteiger partial charge in [0, 0.05) is 16.8 Å². The summed E-state index contributed by atoms with van der Waals surface area (Å²) in [5, 5.41) is 3.35. The predicted molar refractivity (Wildman–Crippen MR) is 74.7 cm³/mol. The molecule has 3 N–H and O–H groups in total. The van der Waals surface area contributed by atoms with Crippen molar-refractivity contribution in [1.82, 2.24) is 0 Å². The Bertz CT molecular complexity index is 670. The van der Waals surface area contributed by atoms with E-state index in [1.165, 1.54) is 0 Å². The maximum absolute atomic E-state index is 11.3. The van der Waals surface area contributed by atoms with E-state index < -0.39 is 0 Å². The Labute approximate surface area is 115 Å². The van der Waals surface area contributed by atoms with Crippen LogP contribution in [0, 0.1) is 0 Å². The van der Waals surface area contributed by atoms with Gasteiger partial charge < -0.3 is 15.8 Å². The molecule has 96 valence electrons. The van der Waals surface area contributed by atoms with Crippen LogP contribution in [0.5, 0.6) is 11.5 Å². The van der Waals surface area contributed by atoms with E-state index in [-0.39, 0.29) is 5.91 Å². The zero-order valence-corrected chi connectivity index (χ0v) is 10.7. The van der Waals surface area contributed by atoms with Gasteiger partial charge in [0.25, 0.3) is 0 Å². The first-order chi connectivity index (χ1) is 9.11. The molecule has 1 aliphatic heterocycles. The number of benzene rings is 2. The first kappa shape index (κ1) is 11.9. The molecule has 0 aromatic heterocycles. The average Bonchev–Trinajstić information content (AvgIpc) is 2.69. The maximum Gasteiger partial charge on any atom is 0.228 e. The highest BCUT2D eigenvalue weighted by Gasteiger charge is 2.20. The summed E-state index contributed by atoms with van der Waals surface area (Å²) in [6.07, 6.45) is 0.358. The van der Waals surface area contributed by atoms with Gasteiger partial charge in [-0.3, -0.25) is 4.79 Å². The second-order valence-corrected chi connectivity index (χ2v) is 4.77. The minimum absolute atomic E-state index is 0.0331. The number of hydrogen-bond donors (Lipinski definition) is 2. The molecule has 0 aliphatic carbocycles. The van der Waals surface area contributed by atoms with E-state index in [4.69, 9.17) is 22.1 Å². The molecule has 2 aromatic rings. The molecule has 19 heavy (non-hydrogen) atoms. The van der Waals surface area contributed by atoms with Crippen molar-refractivity contribution < 1.29 is 9.53 Å². The number of rotatable bonds is 2. The zero-order valence-electron chi connectivity index (χ0n) is 9.94. The number of carbonyl (C=O) groups excluding carboxylic acids is 1. The number of anilines is 2. The van der Waals surface area contributed by atoms with Crippen molar-refractivity contribution >= 4 is 28.9 Å². The predicted octanol–water partition coefficient (Wildman–Crippen LogP) is 3.21. The van der Waals surface area contributed by atoms with Crippen LogP contribution >= 0.6 is 11.6 Å². The highest BCUT2D eigenvalue weighted by Crippen LogP contribution is 2.35. The fraction of sp³-hybridized carbons (Fsp3) is 0.0714. The zero-order chi connectivity index (χ0) is 13.4. The number of halogens is 1. The molecule has 0 atom stereocenters. The average molecular weight is 275 g/mol. The van der Waals surface area contributed by atoms with Crippen LogP contribution in [0.15, 0.2) is 36.4 Å². The van der Waals surface area contributed by atoms with E-state index in [1.807, 2.05) is 0 Å². The molecule has 0 saturated carbocycles. The van der Waals surface area contributed by atoms with E-state index >= 15 is 0 Å². The quantitative estimate of drug-likeness (QED) is 0.827. The van der Waals surface area contributed by atoms with Crippen LogP contribution in [0.2, 0.25) is 5.02 Å². The first-order valence-corrected chi connectivity index (χ1v) is 6.15. The van der Waals surface area contributed by atoms with Crippen LogP contribution in [-0.4, -0.2) is 5.91 Å². The van der Waals surface area contributed by atoms with Crippen LogP contribution in [0.3, 0.4) is 0 Å². The Hall–Kier alpha value is -2.20. The molecular weight excluding hydrogens is 264 g/mol. The fourth-order valence-electron chi connectivity index (χ4n) is 2.02. The Morgan fingerprint density at radius 3 is 2.89 bits per heavy atom. The van der Waals surface area contributed by atoms with Crippen LogP contribution in [0.25, 0.3) is 0 Å². The summed E-state index contributed by atoms with van der Waals surface area (Å²) in [6, 6.07) is 10.5. The monoisotopic (exact) mass is 274 g/mol. The summed E-state index contributed by atoms with van der Waals surface area (Å²) < 4.78 is 5.69. The summed E-state index contributed by atoms with van der Waals surface area (Å²) in [5.74, 6) is 1.07. The Balaban J connectivity index is 1.94. The number of fused-ring (bicyclic) bond motifs is 1. The minimum atomic E-state index is -0.0331. The van der Waals surface area contributed by atoms with Crippen LogP contribution in [0.1, 0.15) is 5.56 Å². The van der Waals surface area contributed by atoms with Crippen molar-refractivity contribution in [2.24, 2.45) is 0 Å². The highest BCUT2D eigenvalue weighted by molar-refractivity contribution is 6.30. The number of ether oxygens (including phenoxy) is 1. The molecule has 3 rings (SSSR count). The molecule has 1 amide bonds. The van der Waals surface area contributed by atoms with Crippen molar-refractivity contribution in [3.63, 3.8) is 0 Å². The maximum atomic E-state index is 11.3. The lowest BCUT2D eigenvalue weighted by molar-refractivity contribution is -0.115. The highest BCUT2D eigenvalue weighted by atomic mass is 35.5. The number of nitrogens with two attached hydrogens (primary N) is 1. The Morgan fingerprint density at radius 1 is 1.26 bits per heavy atom. The van der Waals surface area contributed by atoms with Crippen molar-refractivity contribution in [3.8, 4) is 11.5 Å². The van der Waals surface area contributed by atoms with Gasteiger partial charge in [-0.05, 0) is 29.8 Å². The molecule has 0 spiro atoms. The van der Waals surface area contributed by atoms with Gasteiger partial charge in [0.2, 0.25) is 5.91 Å². The van der Waals surface area contributed by atoms with Crippen molar-refractivity contribution in [3.05, 3.63) is 47.0 Å². The number of hydrogen-bond acceptors (Lipinski definition) is 3. The van der Waals surface area contributed by atoms with Gasteiger partial charge in [0.15, 0.2) is 5.75 Å². The standard InChI is InChI=1S/C14H11ClN2O2/c15-9-2-1-3-10(6-9)19-13-7-12-8(4-11(13)16)5-14(18)17-12/h1-4,6-7H,5,16H2,(H,17,18). The summed E-state index contributed by atoms with van der Waals surface area (Å²) >= 11 is 5.90. The molecule has 5 heteroatoms. The molecule has 0 fully saturated rings. The summed E-state index contributed by atoms with van der Waals surface area (Å²) in [4.78, 5) is 11.3. The molecule has 1 aliphatic rings. The van der Waals surface area contributed by atoms with Crippen LogP contribution in [-0.2, 0) is 11.2 Å². The van der Waals surface area contributed by atoms with Gasteiger partial charge in [-0.25, -0.2) is 0 Å². The van der Waals surface area contributed by atoms with Crippen molar-refractivity contribution in [1.29, 1.82) is 0 Å². The van der Waals surface area contributed by atoms with E-state index in [1.54, 1.807) is 36.4 Å². The Morgan fingerprint density at radius 2 is 2.11 bits per heavy atom. The van der Waals surface area contributed by atoms with E-state index in [9.17, 15) is 4.79 Å². The molecule has 2 aromatic carbocycles. The van der Waals surface area contributed by atoms with Gasteiger partial charge in [-0.15, -0.1) is 0 Å². The van der Waals surface area contributed by atoms with Gasteiger partial charge in [0.05, 0.1) is 12.1 Å². The lowest BCUT2D eigenvalue weighted by Crippen LogP contribution is -2.03. The van der Waals surface area contributed by atoms with Crippen molar-refractivity contribution in [2.45, 2.75) is 6.42 Å². The lowest BCUT2D eigenvalue weighted by Gasteiger charge is -2.10. The van der Waals surface area contributed by atoms with Gasteiger partial charge >= 0.3 is 0 Å². The fourth-order valence-corrected chi connectivity index (χ4v) is 2.20. The van der Waals surface area contributed by atoms with Gasteiger partial charge in [0.1, 0.15) is 5.75 Å². The summed E-state index contributed by atoms with van der Waals surface area (Å²) in [5.41, 5.74) is 8.06. The second-order valence-electron chi connectivity index (χ2n) is 4.33. The number of nitrogens with one attached hydrogen (secondary N) is 1. The molecule has 0 bridgehead atoms. The molecule has 0 unspecified atom stereocenters. The summed E-state index contributed by atoms with van der Waals surface area (Å²) in [7, 11) is 0.